The Morgan fingerprint density at radius 1 is 0.944 bits per heavy atom. The molecular formula is C15H16O2S. The summed E-state index contributed by atoms with van der Waals surface area (Å²) in [5.74, 6) is 1.66. The summed E-state index contributed by atoms with van der Waals surface area (Å²) >= 11 is 1.77. The molecule has 1 N–H and O–H groups in total. The number of thioether (sulfide) groups is 1. The van der Waals surface area contributed by atoms with Gasteiger partial charge in [-0.1, -0.05) is 36.4 Å². The summed E-state index contributed by atoms with van der Waals surface area (Å²) in [5.41, 5.74) is 0.835. The van der Waals surface area contributed by atoms with Crippen molar-refractivity contribution in [2.24, 2.45) is 0 Å². The summed E-state index contributed by atoms with van der Waals surface area (Å²) in [6, 6.07) is 17.8. The Balaban J connectivity index is 1.78. The van der Waals surface area contributed by atoms with Crippen molar-refractivity contribution in [3.8, 4) is 5.75 Å². The fourth-order valence-corrected chi connectivity index (χ4v) is 2.36. The molecule has 0 spiro atoms. The number of benzene rings is 2. The van der Waals surface area contributed by atoms with Crippen LogP contribution in [0.3, 0.4) is 0 Å². The molecular weight excluding hydrogens is 244 g/mol. The highest BCUT2D eigenvalue weighted by Crippen LogP contribution is 2.20. The predicted octanol–water partition coefficient (Wildman–Crippen LogP) is 3.35. The molecule has 2 rings (SSSR count). The first-order valence-electron chi connectivity index (χ1n) is 5.89. The monoisotopic (exact) mass is 260 g/mol. The first-order valence-corrected chi connectivity index (χ1v) is 6.88. The Morgan fingerprint density at radius 3 is 2.44 bits per heavy atom. The SMILES string of the molecule is OCc1ccccc1OCCSc1ccccc1. The molecule has 0 aliphatic rings. The smallest absolute Gasteiger partial charge is 0.124 e. The molecule has 94 valence electrons. The van der Waals surface area contributed by atoms with E-state index in [0.717, 1.165) is 17.1 Å². The number of aliphatic hydroxyl groups is 1. The van der Waals surface area contributed by atoms with Gasteiger partial charge in [-0.2, -0.15) is 0 Å². The molecule has 2 nitrogen and oxygen atoms in total. The maximum Gasteiger partial charge on any atom is 0.124 e. The van der Waals surface area contributed by atoms with Crippen molar-refractivity contribution in [1.29, 1.82) is 0 Å². The van der Waals surface area contributed by atoms with Crippen molar-refractivity contribution in [1.82, 2.24) is 0 Å². The molecule has 0 aliphatic carbocycles. The summed E-state index contributed by atoms with van der Waals surface area (Å²) in [6.45, 7) is 0.651. The number of hydrogen-bond acceptors (Lipinski definition) is 3. The van der Waals surface area contributed by atoms with E-state index >= 15 is 0 Å². The lowest BCUT2D eigenvalue weighted by Crippen LogP contribution is -2.02. The minimum absolute atomic E-state index is 0.0159. The highest BCUT2D eigenvalue weighted by atomic mass is 32.2. The van der Waals surface area contributed by atoms with Crippen LogP contribution in [0.5, 0.6) is 5.75 Å². The summed E-state index contributed by atoms with van der Waals surface area (Å²) in [5, 5.41) is 9.17. The van der Waals surface area contributed by atoms with Crippen LogP contribution < -0.4 is 4.74 Å². The molecule has 0 atom stereocenters. The van der Waals surface area contributed by atoms with E-state index in [1.807, 2.05) is 42.5 Å². The highest BCUT2D eigenvalue weighted by Gasteiger charge is 2.01. The van der Waals surface area contributed by atoms with Gasteiger partial charge in [-0.15, -0.1) is 11.8 Å². The van der Waals surface area contributed by atoms with E-state index in [1.165, 1.54) is 4.90 Å². The molecule has 2 aromatic carbocycles. The minimum atomic E-state index is 0.0159. The van der Waals surface area contributed by atoms with Crippen molar-refractivity contribution in [3.63, 3.8) is 0 Å². The Bertz CT molecular complexity index is 471. The first-order chi connectivity index (χ1) is 8.90. The fourth-order valence-electron chi connectivity index (χ4n) is 1.60. The van der Waals surface area contributed by atoms with Crippen molar-refractivity contribution in [2.75, 3.05) is 12.4 Å². The van der Waals surface area contributed by atoms with Crippen LogP contribution in [0.15, 0.2) is 59.5 Å². The van der Waals surface area contributed by atoms with Gasteiger partial charge in [0.1, 0.15) is 5.75 Å². The second-order valence-electron chi connectivity index (χ2n) is 3.78. The zero-order valence-corrected chi connectivity index (χ0v) is 10.9. The van der Waals surface area contributed by atoms with Crippen molar-refractivity contribution in [3.05, 3.63) is 60.2 Å². The average Bonchev–Trinajstić information content (AvgIpc) is 2.45. The normalized spacial score (nSPS) is 10.3. The Labute approximate surface area is 112 Å². The molecule has 0 saturated carbocycles. The van der Waals surface area contributed by atoms with Gasteiger partial charge in [0, 0.05) is 16.2 Å². The standard InChI is InChI=1S/C15H16O2S/c16-12-13-6-4-5-9-15(13)17-10-11-18-14-7-2-1-3-8-14/h1-9,16H,10-12H2. The van der Waals surface area contributed by atoms with Crippen molar-refractivity contribution in [2.45, 2.75) is 11.5 Å². The number of para-hydroxylation sites is 1. The molecule has 0 heterocycles. The van der Waals surface area contributed by atoms with Crippen LogP contribution in [0.1, 0.15) is 5.56 Å². The minimum Gasteiger partial charge on any atom is -0.492 e. The van der Waals surface area contributed by atoms with E-state index < -0.39 is 0 Å². The molecule has 0 unspecified atom stereocenters. The van der Waals surface area contributed by atoms with Gasteiger partial charge in [-0.05, 0) is 18.2 Å². The quantitative estimate of drug-likeness (QED) is 0.638. The van der Waals surface area contributed by atoms with E-state index in [-0.39, 0.29) is 6.61 Å². The van der Waals surface area contributed by atoms with E-state index in [1.54, 1.807) is 11.8 Å². The Kier molecular flexibility index (Phi) is 5.12. The van der Waals surface area contributed by atoms with Gasteiger partial charge in [0.25, 0.3) is 0 Å². The lowest BCUT2D eigenvalue weighted by molar-refractivity contribution is 0.267. The third-order valence-electron chi connectivity index (χ3n) is 2.50. The Morgan fingerprint density at radius 2 is 1.67 bits per heavy atom. The number of hydrogen-bond donors (Lipinski definition) is 1. The van der Waals surface area contributed by atoms with Crippen molar-refractivity contribution < 1.29 is 9.84 Å². The van der Waals surface area contributed by atoms with Crippen LogP contribution in [0.2, 0.25) is 0 Å². The third kappa shape index (κ3) is 3.79. The van der Waals surface area contributed by atoms with Crippen LogP contribution in [0.25, 0.3) is 0 Å². The number of rotatable bonds is 6. The van der Waals surface area contributed by atoms with Crippen LogP contribution >= 0.6 is 11.8 Å². The Hall–Kier alpha value is -1.45. The highest BCUT2D eigenvalue weighted by molar-refractivity contribution is 7.99. The van der Waals surface area contributed by atoms with Gasteiger partial charge in [0.15, 0.2) is 0 Å². The molecule has 0 fully saturated rings. The van der Waals surface area contributed by atoms with Gasteiger partial charge in [0.05, 0.1) is 13.2 Å². The fraction of sp³-hybridized carbons (Fsp3) is 0.200. The molecule has 0 aromatic heterocycles. The van der Waals surface area contributed by atoms with Crippen LogP contribution in [0, 0.1) is 0 Å². The molecule has 2 aromatic rings. The summed E-state index contributed by atoms with van der Waals surface area (Å²) < 4.78 is 5.67. The van der Waals surface area contributed by atoms with E-state index in [9.17, 15) is 0 Å². The lowest BCUT2D eigenvalue weighted by atomic mass is 10.2. The average molecular weight is 260 g/mol. The number of aliphatic hydroxyl groups excluding tert-OH is 1. The molecule has 0 radical (unpaired) electrons. The van der Waals surface area contributed by atoms with E-state index in [2.05, 4.69) is 12.1 Å². The van der Waals surface area contributed by atoms with E-state index in [4.69, 9.17) is 9.84 Å². The van der Waals surface area contributed by atoms with Gasteiger partial charge in [-0.3, -0.25) is 0 Å². The van der Waals surface area contributed by atoms with Gasteiger partial charge in [0.2, 0.25) is 0 Å². The maximum atomic E-state index is 9.17. The lowest BCUT2D eigenvalue weighted by Gasteiger charge is -2.09. The van der Waals surface area contributed by atoms with E-state index in [0.29, 0.717) is 6.61 Å². The van der Waals surface area contributed by atoms with Gasteiger partial charge < -0.3 is 9.84 Å². The molecule has 0 saturated heterocycles. The van der Waals surface area contributed by atoms with Crippen LogP contribution in [0.4, 0.5) is 0 Å². The van der Waals surface area contributed by atoms with Crippen molar-refractivity contribution >= 4 is 11.8 Å². The number of ether oxygens (including phenoxy) is 1. The summed E-state index contributed by atoms with van der Waals surface area (Å²) in [7, 11) is 0. The first kappa shape index (κ1) is 13.0. The molecule has 0 bridgehead atoms. The second-order valence-corrected chi connectivity index (χ2v) is 4.94. The maximum absolute atomic E-state index is 9.17. The predicted molar refractivity (Wildman–Crippen MR) is 75.0 cm³/mol. The van der Waals surface area contributed by atoms with Crippen LogP contribution in [-0.2, 0) is 6.61 Å². The summed E-state index contributed by atoms with van der Waals surface area (Å²) in [6.07, 6.45) is 0. The molecule has 0 aliphatic heterocycles. The van der Waals surface area contributed by atoms with Gasteiger partial charge in [-0.25, -0.2) is 0 Å². The molecule has 3 heteroatoms. The third-order valence-corrected chi connectivity index (χ3v) is 3.47. The summed E-state index contributed by atoms with van der Waals surface area (Å²) in [4.78, 5) is 1.25. The second kappa shape index (κ2) is 7.09. The topological polar surface area (TPSA) is 29.5 Å². The zero-order valence-electron chi connectivity index (χ0n) is 10.1. The molecule has 18 heavy (non-hydrogen) atoms. The molecule has 0 amide bonds. The zero-order chi connectivity index (χ0) is 12.6. The van der Waals surface area contributed by atoms with Gasteiger partial charge >= 0.3 is 0 Å². The van der Waals surface area contributed by atoms with Crippen LogP contribution in [-0.4, -0.2) is 17.5 Å². The largest absolute Gasteiger partial charge is 0.492 e.